The molecule has 4 aromatic carbocycles. The Morgan fingerprint density at radius 2 is 1.30 bits per heavy atom. The highest BCUT2D eigenvalue weighted by Gasteiger charge is 2.27. The van der Waals surface area contributed by atoms with Crippen molar-refractivity contribution in [3.8, 4) is 40.0 Å². The average molecular weight is 658 g/mol. The van der Waals surface area contributed by atoms with E-state index in [0.29, 0.717) is 40.9 Å². The fourth-order valence-electron chi connectivity index (χ4n) is 4.74. The molecule has 0 saturated carbocycles. The maximum absolute atomic E-state index is 14.2. The Bertz CT molecular complexity index is 1880. The Morgan fingerprint density at radius 1 is 0.723 bits per heavy atom. The maximum atomic E-state index is 14.2. The van der Waals surface area contributed by atoms with Gasteiger partial charge in [0.1, 0.15) is 11.6 Å². The molecule has 2 amide bonds. The van der Waals surface area contributed by atoms with E-state index >= 15 is 0 Å². The number of hydrazine groups is 1. The van der Waals surface area contributed by atoms with Crippen LogP contribution in [0.1, 0.15) is 31.2 Å². The van der Waals surface area contributed by atoms with Crippen molar-refractivity contribution in [1.82, 2.24) is 10.4 Å². The molecular weight excluding hydrogens is 625 g/mol. The number of nitrogens with one attached hydrogen (secondary N) is 1. The van der Waals surface area contributed by atoms with Crippen LogP contribution in [0.15, 0.2) is 84.9 Å². The van der Waals surface area contributed by atoms with Gasteiger partial charge in [0.25, 0.3) is 11.8 Å². The number of hydrogen-bond donors (Lipinski definition) is 1. The number of halogens is 1. The van der Waals surface area contributed by atoms with Gasteiger partial charge in [-0.2, -0.15) is 5.01 Å². The number of ether oxygens (including phenoxy) is 5. The lowest BCUT2D eigenvalue weighted by atomic mass is 10.1. The van der Waals surface area contributed by atoms with Crippen molar-refractivity contribution in [2.45, 2.75) is 6.42 Å². The fourth-order valence-corrected chi connectivity index (χ4v) is 5.82. The highest BCUT2D eigenvalue weighted by atomic mass is 32.1. The summed E-state index contributed by atoms with van der Waals surface area (Å²) in [6.45, 7) is 0. The molecule has 5 rings (SSSR count). The lowest BCUT2D eigenvalue weighted by Crippen LogP contribution is -2.46. The first-order valence-corrected chi connectivity index (χ1v) is 15.1. The molecule has 242 valence electrons. The summed E-state index contributed by atoms with van der Waals surface area (Å²) in [6.07, 6.45) is 0.390. The first kappa shape index (κ1) is 32.8. The van der Waals surface area contributed by atoms with E-state index in [1.807, 2.05) is 12.1 Å². The molecule has 1 N–H and O–H groups in total. The molecule has 10 nitrogen and oxygen atoms in total. The van der Waals surface area contributed by atoms with Gasteiger partial charge in [0.2, 0.25) is 5.13 Å². The van der Waals surface area contributed by atoms with Crippen LogP contribution in [0.25, 0.3) is 11.3 Å². The first-order chi connectivity index (χ1) is 22.8. The van der Waals surface area contributed by atoms with Crippen LogP contribution in [0.2, 0.25) is 0 Å². The summed E-state index contributed by atoms with van der Waals surface area (Å²) >= 11 is 1.22. The lowest BCUT2D eigenvalue weighted by Gasteiger charge is -2.21. The van der Waals surface area contributed by atoms with E-state index in [1.54, 1.807) is 55.6 Å². The molecular formula is C35H32FN3O7S. The van der Waals surface area contributed by atoms with E-state index in [9.17, 15) is 14.0 Å². The predicted molar refractivity (Wildman–Crippen MR) is 177 cm³/mol. The minimum atomic E-state index is -0.596. The van der Waals surface area contributed by atoms with Crippen LogP contribution in [0.5, 0.6) is 28.7 Å². The normalized spacial score (nSPS) is 10.6. The zero-order valence-corrected chi connectivity index (χ0v) is 27.1. The fraction of sp³-hybridized carbons (Fsp3) is 0.171. The number of amides is 2. The summed E-state index contributed by atoms with van der Waals surface area (Å²) in [7, 11) is 7.49. The third-order valence-corrected chi connectivity index (χ3v) is 8.25. The zero-order chi connectivity index (χ0) is 33.5. The number of thiazole rings is 1. The van der Waals surface area contributed by atoms with Crippen molar-refractivity contribution in [2.24, 2.45) is 0 Å². The Labute approximate surface area is 275 Å². The Morgan fingerprint density at radius 3 is 1.87 bits per heavy atom. The number of carbonyl (C=O) groups is 2. The number of benzene rings is 4. The van der Waals surface area contributed by atoms with Crippen molar-refractivity contribution in [1.29, 1.82) is 0 Å². The highest BCUT2D eigenvalue weighted by molar-refractivity contribution is 7.16. The molecule has 12 heteroatoms. The van der Waals surface area contributed by atoms with E-state index < -0.39 is 11.8 Å². The van der Waals surface area contributed by atoms with Crippen LogP contribution in [0.3, 0.4) is 0 Å². The molecule has 47 heavy (non-hydrogen) atoms. The molecule has 0 aliphatic carbocycles. The van der Waals surface area contributed by atoms with Crippen LogP contribution < -0.4 is 34.1 Å². The molecule has 1 heterocycles. The van der Waals surface area contributed by atoms with Gasteiger partial charge in [-0.25, -0.2) is 9.37 Å². The van der Waals surface area contributed by atoms with Crippen molar-refractivity contribution >= 4 is 28.3 Å². The van der Waals surface area contributed by atoms with E-state index in [4.69, 9.17) is 28.7 Å². The van der Waals surface area contributed by atoms with E-state index in [2.05, 4.69) is 5.43 Å². The molecule has 0 spiro atoms. The van der Waals surface area contributed by atoms with Crippen LogP contribution in [-0.2, 0) is 6.42 Å². The van der Waals surface area contributed by atoms with Crippen molar-refractivity contribution in [3.05, 3.63) is 112 Å². The van der Waals surface area contributed by atoms with Gasteiger partial charge in [-0.1, -0.05) is 23.5 Å². The Kier molecular flexibility index (Phi) is 10.2. The summed E-state index contributed by atoms with van der Waals surface area (Å²) in [5.74, 6) is 0.689. The number of methoxy groups -OCH3 is 5. The molecule has 1 aromatic heterocycles. The SMILES string of the molecule is COc1ccc(-c2nc(N(NC(=O)c3ccc(OC)c(OC)c3)C(=O)c3ccc(OC)c(OC)c3)sc2Cc2ccc(F)cc2)cc1. The molecule has 0 fully saturated rings. The minimum Gasteiger partial charge on any atom is -0.497 e. The third-order valence-electron chi connectivity index (χ3n) is 7.21. The molecule has 0 radical (unpaired) electrons. The molecule has 0 saturated heterocycles. The first-order valence-electron chi connectivity index (χ1n) is 14.3. The third kappa shape index (κ3) is 7.28. The number of rotatable bonds is 11. The smallest absolute Gasteiger partial charge is 0.279 e. The standard InChI is InChI=1S/C35H32FN3O7S/c1-42-26-14-8-22(9-15-26)32-31(18-21-6-12-25(36)13-7-21)47-35(37-32)39(34(41)24-11-17-28(44-3)30(20-24)46-5)38-33(40)23-10-16-27(43-2)29(19-23)45-4/h6-17,19-20H,18H2,1-5H3,(H,38,40). The van der Waals surface area contributed by atoms with Crippen LogP contribution in [-0.4, -0.2) is 52.3 Å². The van der Waals surface area contributed by atoms with E-state index in [-0.39, 0.29) is 22.1 Å². The minimum absolute atomic E-state index is 0.196. The second-order valence-electron chi connectivity index (χ2n) is 10.0. The van der Waals surface area contributed by atoms with Gasteiger partial charge in [0.15, 0.2) is 23.0 Å². The predicted octanol–water partition coefficient (Wildman–Crippen LogP) is 6.57. The lowest BCUT2D eigenvalue weighted by molar-refractivity contribution is 0.0887. The van der Waals surface area contributed by atoms with Crippen molar-refractivity contribution in [2.75, 3.05) is 40.6 Å². The topological polar surface area (TPSA) is 108 Å². The molecule has 0 atom stereocenters. The van der Waals surface area contributed by atoms with Gasteiger partial charge in [-0.15, -0.1) is 0 Å². The number of anilines is 1. The molecule has 5 aromatic rings. The van der Waals surface area contributed by atoms with Gasteiger partial charge in [-0.3, -0.25) is 15.0 Å². The largest absolute Gasteiger partial charge is 0.497 e. The second-order valence-corrected chi connectivity index (χ2v) is 11.1. The monoisotopic (exact) mass is 657 g/mol. The summed E-state index contributed by atoms with van der Waals surface area (Å²) in [4.78, 5) is 33.6. The van der Waals surface area contributed by atoms with Gasteiger partial charge >= 0.3 is 0 Å². The van der Waals surface area contributed by atoms with Crippen LogP contribution in [0, 0.1) is 5.82 Å². The summed E-state index contributed by atoms with van der Waals surface area (Å²) in [5.41, 5.74) is 5.34. The molecule has 0 aliphatic rings. The van der Waals surface area contributed by atoms with Crippen LogP contribution in [0.4, 0.5) is 9.52 Å². The average Bonchev–Trinajstić information content (AvgIpc) is 3.53. The maximum Gasteiger partial charge on any atom is 0.279 e. The van der Waals surface area contributed by atoms with E-state index in [0.717, 1.165) is 21.0 Å². The van der Waals surface area contributed by atoms with Gasteiger partial charge in [-0.05, 0) is 78.4 Å². The van der Waals surface area contributed by atoms with E-state index in [1.165, 1.54) is 64.0 Å². The second kappa shape index (κ2) is 14.6. The van der Waals surface area contributed by atoms with Gasteiger partial charge in [0, 0.05) is 28.0 Å². The Hall–Kier alpha value is -5.62. The number of hydrogen-bond acceptors (Lipinski definition) is 9. The molecule has 0 unspecified atom stereocenters. The number of nitrogens with zero attached hydrogens (tertiary/aromatic N) is 2. The van der Waals surface area contributed by atoms with Gasteiger partial charge in [0.05, 0.1) is 41.2 Å². The number of aromatic nitrogens is 1. The van der Waals surface area contributed by atoms with Crippen LogP contribution >= 0.6 is 11.3 Å². The highest BCUT2D eigenvalue weighted by Crippen LogP contribution is 2.37. The van der Waals surface area contributed by atoms with Gasteiger partial charge < -0.3 is 23.7 Å². The Balaban J connectivity index is 1.61. The number of carbonyl (C=O) groups excluding carboxylic acids is 2. The quantitative estimate of drug-likeness (QED) is 0.159. The molecule has 0 aliphatic heterocycles. The zero-order valence-electron chi connectivity index (χ0n) is 26.3. The molecule has 0 bridgehead atoms. The van der Waals surface area contributed by atoms with Crippen molar-refractivity contribution < 1.29 is 37.7 Å². The summed E-state index contributed by atoms with van der Waals surface area (Å²) in [6, 6.07) is 22.8. The summed E-state index contributed by atoms with van der Waals surface area (Å²) < 4.78 is 40.5. The van der Waals surface area contributed by atoms with Crippen molar-refractivity contribution in [3.63, 3.8) is 0 Å². The summed E-state index contributed by atoms with van der Waals surface area (Å²) in [5, 5.41) is 1.30.